The quantitative estimate of drug-likeness (QED) is 0.812. The highest BCUT2D eigenvalue weighted by Crippen LogP contribution is 2.16. The lowest BCUT2D eigenvalue weighted by Gasteiger charge is -2.35. The Balaban J connectivity index is 1.51. The van der Waals surface area contributed by atoms with Gasteiger partial charge in [0.25, 0.3) is 0 Å². The summed E-state index contributed by atoms with van der Waals surface area (Å²) in [6.45, 7) is 4.82. The van der Waals surface area contributed by atoms with E-state index in [2.05, 4.69) is 31.9 Å². The van der Waals surface area contributed by atoms with Crippen molar-refractivity contribution in [2.45, 2.75) is 11.3 Å². The first kappa shape index (κ1) is 16.9. The molecule has 0 radical (unpaired) electrons. The summed E-state index contributed by atoms with van der Waals surface area (Å²) >= 11 is 0. The van der Waals surface area contributed by atoms with Gasteiger partial charge < -0.3 is 4.90 Å². The second kappa shape index (κ2) is 7.27. The Labute approximate surface area is 143 Å². The van der Waals surface area contributed by atoms with Crippen molar-refractivity contribution in [3.8, 4) is 0 Å². The maximum Gasteiger partial charge on any atom is 0.177 e. The Morgan fingerprint density at radius 2 is 1.75 bits per heavy atom. The molecule has 1 aliphatic heterocycles. The zero-order valence-electron chi connectivity index (χ0n) is 13.8. The molecule has 0 aromatic carbocycles. The van der Waals surface area contributed by atoms with Crippen LogP contribution in [0.3, 0.4) is 0 Å². The fraction of sp³-hybridized carbons (Fsp3) is 0.412. The summed E-state index contributed by atoms with van der Waals surface area (Å²) in [5, 5.41) is 0. The molecule has 3 heterocycles. The average Bonchev–Trinajstić information content (AvgIpc) is 2.61. The highest BCUT2D eigenvalue weighted by atomic mass is 32.2. The maximum atomic E-state index is 11.5. The molecule has 0 unspecified atom stereocenters. The highest BCUT2D eigenvalue weighted by Gasteiger charge is 2.18. The van der Waals surface area contributed by atoms with E-state index in [1.165, 1.54) is 18.0 Å². The standard InChI is InChI=1S/C17H22N4O2S/c1-24(22,23)16-2-3-17(19-14-16)21-12-10-20(11-13-21)9-6-15-4-7-18-8-5-15/h2-5,7-8,14H,6,9-13H2,1H3. The van der Waals surface area contributed by atoms with Crippen molar-refractivity contribution in [2.75, 3.05) is 43.9 Å². The van der Waals surface area contributed by atoms with Gasteiger partial charge in [-0.25, -0.2) is 13.4 Å². The number of piperazine rings is 1. The minimum absolute atomic E-state index is 0.266. The molecule has 3 rings (SSSR count). The minimum Gasteiger partial charge on any atom is -0.354 e. The lowest BCUT2D eigenvalue weighted by Crippen LogP contribution is -2.47. The van der Waals surface area contributed by atoms with Gasteiger partial charge in [0.15, 0.2) is 9.84 Å². The van der Waals surface area contributed by atoms with Gasteiger partial charge in [-0.2, -0.15) is 0 Å². The van der Waals surface area contributed by atoms with E-state index in [0.29, 0.717) is 0 Å². The third-order valence-corrected chi connectivity index (χ3v) is 5.41. The molecule has 0 bridgehead atoms. The Morgan fingerprint density at radius 1 is 1.04 bits per heavy atom. The molecule has 24 heavy (non-hydrogen) atoms. The maximum absolute atomic E-state index is 11.5. The molecule has 2 aromatic heterocycles. The molecular formula is C17H22N4O2S. The molecule has 0 aliphatic carbocycles. The van der Waals surface area contributed by atoms with Crippen LogP contribution in [0.25, 0.3) is 0 Å². The van der Waals surface area contributed by atoms with Crippen molar-refractivity contribution in [3.63, 3.8) is 0 Å². The largest absolute Gasteiger partial charge is 0.354 e. The van der Waals surface area contributed by atoms with Crippen molar-refractivity contribution < 1.29 is 8.42 Å². The molecule has 0 spiro atoms. The number of rotatable bonds is 5. The Kier molecular flexibility index (Phi) is 5.11. The van der Waals surface area contributed by atoms with Crippen LogP contribution in [0.1, 0.15) is 5.56 Å². The van der Waals surface area contributed by atoms with Crippen LogP contribution in [0.5, 0.6) is 0 Å². The molecule has 2 aromatic rings. The first-order valence-electron chi connectivity index (χ1n) is 8.05. The zero-order chi connectivity index (χ0) is 17.0. The van der Waals surface area contributed by atoms with Gasteiger partial charge in [-0.3, -0.25) is 9.88 Å². The normalized spacial score (nSPS) is 16.3. The average molecular weight is 346 g/mol. The number of hydrogen-bond donors (Lipinski definition) is 0. The zero-order valence-corrected chi connectivity index (χ0v) is 14.6. The number of hydrogen-bond acceptors (Lipinski definition) is 6. The summed E-state index contributed by atoms with van der Waals surface area (Å²) in [5.74, 6) is 0.844. The molecule has 0 amide bonds. The minimum atomic E-state index is -3.19. The molecule has 0 saturated carbocycles. The molecular weight excluding hydrogens is 324 g/mol. The molecule has 0 atom stereocenters. The lowest BCUT2D eigenvalue weighted by atomic mass is 10.2. The fourth-order valence-corrected chi connectivity index (χ4v) is 3.38. The van der Waals surface area contributed by atoms with E-state index >= 15 is 0 Å². The van der Waals surface area contributed by atoms with Gasteiger partial charge in [-0.05, 0) is 36.2 Å². The van der Waals surface area contributed by atoms with E-state index < -0.39 is 9.84 Å². The number of aromatic nitrogens is 2. The van der Waals surface area contributed by atoms with E-state index in [0.717, 1.165) is 45.0 Å². The van der Waals surface area contributed by atoms with Crippen LogP contribution in [0, 0.1) is 0 Å². The topological polar surface area (TPSA) is 66.4 Å². The summed E-state index contributed by atoms with van der Waals surface area (Å²) in [7, 11) is -3.19. The Morgan fingerprint density at radius 3 is 2.33 bits per heavy atom. The van der Waals surface area contributed by atoms with Gasteiger partial charge in [-0.15, -0.1) is 0 Å². The van der Waals surface area contributed by atoms with Crippen LogP contribution < -0.4 is 4.90 Å². The van der Waals surface area contributed by atoms with Gasteiger partial charge in [0.2, 0.25) is 0 Å². The summed E-state index contributed by atoms with van der Waals surface area (Å²) in [5.41, 5.74) is 1.31. The predicted octanol–water partition coefficient (Wildman–Crippen LogP) is 1.24. The van der Waals surface area contributed by atoms with Gasteiger partial charge in [0.05, 0.1) is 4.90 Å². The van der Waals surface area contributed by atoms with Crippen LogP contribution in [0.4, 0.5) is 5.82 Å². The van der Waals surface area contributed by atoms with Gasteiger partial charge in [0.1, 0.15) is 5.82 Å². The van der Waals surface area contributed by atoms with Crippen LogP contribution in [-0.2, 0) is 16.3 Å². The monoisotopic (exact) mass is 346 g/mol. The van der Waals surface area contributed by atoms with Crippen LogP contribution in [0.15, 0.2) is 47.8 Å². The second-order valence-electron chi connectivity index (χ2n) is 6.06. The molecule has 0 N–H and O–H groups in total. The van der Waals surface area contributed by atoms with E-state index in [4.69, 9.17) is 0 Å². The van der Waals surface area contributed by atoms with Crippen molar-refractivity contribution in [1.82, 2.24) is 14.9 Å². The lowest BCUT2D eigenvalue weighted by molar-refractivity contribution is 0.260. The van der Waals surface area contributed by atoms with Crippen molar-refractivity contribution in [2.24, 2.45) is 0 Å². The van der Waals surface area contributed by atoms with E-state index in [-0.39, 0.29) is 4.90 Å². The summed E-state index contributed by atoms with van der Waals surface area (Å²) in [6, 6.07) is 7.55. The summed E-state index contributed by atoms with van der Waals surface area (Å²) in [6.07, 6.45) is 7.34. The van der Waals surface area contributed by atoms with Crippen LogP contribution >= 0.6 is 0 Å². The van der Waals surface area contributed by atoms with Crippen LogP contribution in [-0.4, -0.2) is 62.3 Å². The van der Waals surface area contributed by atoms with Crippen molar-refractivity contribution >= 4 is 15.7 Å². The molecule has 1 fully saturated rings. The van der Waals surface area contributed by atoms with E-state index in [1.807, 2.05) is 12.4 Å². The number of anilines is 1. The third-order valence-electron chi connectivity index (χ3n) is 4.31. The summed E-state index contributed by atoms with van der Waals surface area (Å²) in [4.78, 5) is 13.3. The highest BCUT2D eigenvalue weighted by molar-refractivity contribution is 7.90. The first-order chi connectivity index (χ1) is 11.5. The van der Waals surface area contributed by atoms with E-state index in [9.17, 15) is 8.42 Å². The van der Waals surface area contributed by atoms with Gasteiger partial charge in [0, 0.05) is 57.6 Å². The van der Waals surface area contributed by atoms with Gasteiger partial charge >= 0.3 is 0 Å². The Bertz CT molecular complexity index is 755. The molecule has 1 saturated heterocycles. The van der Waals surface area contributed by atoms with E-state index in [1.54, 1.807) is 12.1 Å². The van der Waals surface area contributed by atoms with Crippen molar-refractivity contribution in [3.05, 3.63) is 48.4 Å². The molecule has 7 heteroatoms. The fourth-order valence-electron chi connectivity index (χ4n) is 2.82. The van der Waals surface area contributed by atoms with Crippen molar-refractivity contribution in [1.29, 1.82) is 0 Å². The SMILES string of the molecule is CS(=O)(=O)c1ccc(N2CCN(CCc3ccncc3)CC2)nc1. The molecule has 6 nitrogen and oxygen atoms in total. The van der Waals surface area contributed by atoms with Gasteiger partial charge in [-0.1, -0.05) is 0 Å². The second-order valence-corrected chi connectivity index (χ2v) is 8.07. The molecule has 1 aliphatic rings. The number of sulfone groups is 1. The van der Waals surface area contributed by atoms with Crippen LogP contribution in [0.2, 0.25) is 0 Å². The Hall–Kier alpha value is -1.99. The molecule has 128 valence electrons. The smallest absolute Gasteiger partial charge is 0.177 e. The summed E-state index contributed by atoms with van der Waals surface area (Å²) < 4.78 is 23.0. The first-order valence-corrected chi connectivity index (χ1v) is 9.94. The predicted molar refractivity (Wildman–Crippen MR) is 93.9 cm³/mol. The third kappa shape index (κ3) is 4.30. The number of pyridine rings is 2. The number of nitrogens with zero attached hydrogens (tertiary/aromatic N) is 4.